The van der Waals surface area contributed by atoms with Crippen molar-refractivity contribution in [1.29, 1.82) is 0 Å². The Kier molecular flexibility index (Phi) is 4.47. The third-order valence-electron chi connectivity index (χ3n) is 3.14. The smallest absolute Gasteiger partial charge is 0.233 e. The number of nitrogen functional groups attached to an aromatic ring is 1. The Labute approximate surface area is 123 Å². The molecule has 112 valence electrons. The molecule has 21 heavy (non-hydrogen) atoms. The van der Waals surface area contributed by atoms with Gasteiger partial charge in [0.1, 0.15) is 11.5 Å². The fraction of sp³-hybridized carbons (Fsp3) is 0.200. The maximum Gasteiger partial charge on any atom is 0.233 e. The average molecular weight is 308 g/mol. The van der Waals surface area contributed by atoms with Gasteiger partial charge in [0.2, 0.25) is 10.0 Å². The summed E-state index contributed by atoms with van der Waals surface area (Å²) in [4.78, 5) is 0. The summed E-state index contributed by atoms with van der Waals surface area (Å²) in [6, 6.07) is 13.3. The number of rotatable bonds is 5. The van der Waals surface area contributed by atoms with E-state index in [-0.39, 0.29) is 23.0 Å². The Morgan fingerprint density at radius 3 is 2.43 bits per heavy atom. The molecule has 0 amide bonds. The molecule has 0 aromatic heterocycles. The van der Waals surface area contributed by atoms with E-state index in [2.05, 4.69) is 4.72 Å². The number of hydrogen-bond donors (Lipinski definition) is 2. The third-order valence-corrected chi connectivity index (χ3v) is 4.60. The lowest BCUT2D eigenvalue weighted by Crippen LogP contribution is -2.21. The Morgan fingerprint density at radius 2 is 1.81 bits per heavy atom. The number of hydrogen-bond acceptors (Lipinski definition) is 3. The molecule has 2 rings (SSSR count). The number of benzene rings is 2. The highest BCUT2D eigenvalue weighted by molar-refractivity contribution is 7.92. The van der Waals surface area contributed by atoms with Gasteiger partial charge in [0.05, 0.1) is 11.4 Å². The van der Waals surface area contributed by atoms with Crippen LogP contribution >= 0.6 is 0 Å². The zero-order valence-corrected chi connectivity index (χ0v) is 12.4. The minimum atomic E-state index is -3.70. The van der Waals surface area contributed by atoms with E-state index in [0.29, 0.717) is 0 Å². The first-order chi connectivity index (χ1) is 9.89. The van der Waals surface area contributed by atoms with Crippen LogP contribution in [0.25, 0.3) is 0 Å². The molecule has 1 atom stereocenters. The summed E-state index contributed by atoms with van der Waals surface area (Å²) in [5, 5.41) is 0. The average Bonchev–Trinajstić information content (AvgIpc) is 2.43. The van der Waals surface area contributed by atoms with Crippen molar-refractivity contribution < 1.29 is 12.8 Å². The molecule has 2 aromatic rings. The monoisotopic (exact) mass is 308 g/mol. The SMILES string of the molecule is CC(CS(=O)(=O)Nc1c(N)cccc1F)c1ccccc1. The lowest BCUT2D eigenvalue weighted by atomic mass is 10.0. The largest absolute Gasteiger partial charge is 0.397 e. The zero-order valence-electron chi connectivity index (χ0n) is 11.6. The van der Waals surface area contributed by atoms with Gasteiger partial charge < -0.3 is 5.73 Å². The molecule has 0 aliphatic carbocycles. The normalized spacial score (nSPS) is 12.9. The molecule has 0 aliphatic heterocycles. The van der Waals surface area contributed by atoms with E-state index in [1.807, 2.05) is 30.3 Å². The van der Waals surface area contributed by atoms with E-state index < -0.39 is 15.8 Å². The van der Waals surface area contributed by atoms with Gasteiger partial charge in [-0.1, -0.05) is 43.3 Å². The standard InChI is InChI=1S/C15H17FN2O2S/c1-11(12-6-3-2-4-7-12)10-21(19,20)18-15-13(16)8-5-9-14(15)17/h2-9,11,18H,10,17H2,1H3. The van der Waals surface area contributed by atoms with Gasteiger partial charge in [-0.25, -0.2) is 12.8 Å². The van der Waals surface area contributed by atoms with Gasteiger partial charge in [0.15, 0.2) is 0 Å². The summed E-state index contributed by atoms with van der Waals surface area (Å²) in [7, 11) is -3.70. The van der Waals surface area contributed by atoms with Crippen LogP contribution in [0.15, 0.2) is 48.5 Å². The van der Waals surface area contributed by atoms with Crippen LogP contribution in [-0.4, -0.2) is 14.2 Å². The van der Waals surface area contributed by atoms with Gasteiger partial charge in [-0.15, -0.1) is 0 Å². The molecule has 0 bridgehead atoms. The number of sulfonamides is 1. The fourth-order valence-corrected chi connectivity index (χ4v) is 3.51. The Morgan fingerprint density at radius 1 is 1.14 bits per heavy atom. The molecule has 2 aromatic carbocycles. The van der Waals surface area contributed by atoms with E-state index in [4.69, 9.17) is 5.73 Å². The first-order valence-corrected chi connectivity index (χ1v) is 8.14. The molecule has 0 heterocycles. The molecular formula is C15H17FN2O2S. The lowest BCUT2D eigenvalue weighted by molar-refractivity contribution is 0.593. The lowest BCUT2D eigenvalue weighted by Gasteiger charge is -2.15. The van der Waals surface area contributed by atoms with Crippen molar-refractivity contribution in [2.75, 3.05) is 16.2 Å². The van der Waals surface area contributed by atoms with Crippen LogP contribution in [-0.2, 0) is 10.0 Å². The van der Waals surface area contributed by atoms with Crippen LogP contribution in [0.1, 0.15) is 18.4 Å². The molecule has 0 fully saturated rings. The summed E-state index contributed by atoms with van der Waals surface area (Å²) >= 11 is 0. The van der Waals surface area contributed by atoms with Gasteiger partial charge in [-0.3, -0.25) is 4.72 Å². The van der Waals surface area contributed by atoms with Gasteiger partial charge in [0, 0.05) is 0 Å². The van der Waals surface area contributed by atoms with Crippen molar-refractivity contribution in [3.05, 3.63) is 59.9 Å². The Bertz CT molecular complexity index is 697. The van der Waals surface area contributed by atoms with Crippen molar-refractivity contribution in [2.45, 2.75) is 12.8 Å². The van der Waals surface area contributed by atoms with Crippen molar-refractivity contribution >= 4 is 21.4 Å². The van der Waals surface area contributed by atoms with E-state index in [1.165, 1.54) is 12.1 Å². The molecule has 0 spiro atoms. The van der Waals surface area contributed by atoms with Crippen LogP contribution in [0.5, 0.6) is 0 Å². The molecule has 3 N–H and O–H groups in total. The first-order valence-electron chi connectivity index (χ1n) is 6.48. The van der Waals surface area contributed by atoms with Crippen LogP contribution in [0.3, 0.4) is 0 Å². The molecule has 0 saturated carbocycles. The fourth-order valence-electron chi connectivity index (χ4n) is 2.05. The van der Waals surface area contributed by atoms with E-state index in [9.17, 15) is 12.8 Å². The predicted molar refractivity (Wildman–Crippen MR) is 83.1 cm³/mol. The van der Waals surface area contributed by atoms with E-state index in [1.54, 1.807) is 6.92 Å². The second-order valence-corrected chi connectivity index (χ2v) is 6.67. The maximum absolute atomic E-state index is 13.6. The van der Waals surface area contributed by atoms with Crippen molar-refractivity contribution in [2.24, 2.45) is 0 Å². The summed E-state index contributed by atoms with van der Waals surface area (Å²) in [6.45, 7) is 1.80. The summed E-state index contributed by atoms with van der Waals surface area (Å²) in [6.07, 6.45) is 0. The molecule has 0 saturated heterocycles. The number of halogens is 1. The Balaban J connectivity index is 2.16. The third kappa shape index (κ3) is 3.95. The van der Waals surface area contributed by atoms with Crippen LogP contribution in [0.4, 0.5) is 15.8 Å². The zero-order chi connectivity index (χ0) is 15.5. The van der Waals surface area contributed by atoms with E-state index >= 15 is 0 Å². The van der Waals surface area contributed by atoms with Crippen molar-refractivity contribution in [1.82, 2.24) is 0 Å². The summed E-state index contributed by atoms with van der Waals surface area (Å²) in [5.74, 6) is -1.05. The molecule has 6 heteroatoms. The van der Waals surface area contributed by atoms with Crippen molar-refractivity contribution in [3.8, 4) is 0 Å². The quantitative estimate of drug-likeness (QED) is 0.834. The van der Waals surface area contributed by atoms with Crippen LogP contribution in [0.2, 0.25) is 0 Å². The van der Waals surface area contributed by atoms with Crippen LogP contribution < -0.4 is 10.5 Å². The van der Waals surface area contributed by atoms with Gasteiger partial charge in [-0.05, 0) is 23.6 Å². The second-order valence-electron chi connectivity index (χ2n) is 4.90. The van der Waals surface area contributed by atoms with Gasteiger partial charge in [0.25, 0.3) is 0 Å². The predicted octanol–water partition coefficient (Wildman–Crippen LogP) is 2.95. The second kappa shape index (κ2) is 6.13. The van der Waals surface area contributed by atoms with Crippen molar-refractivity contribution in [3.63, 3.8) is 0 Å². The van der Waals surface area contributed by atoms with E-state index in [0.717, 1.165) is 11.6 Å². The highest BCUT2D eigenvalue weighted by atomic mass is 32.2. The van der Waals surface area contributed by atoms with Gasteiger partial charge in [-0.2, -0.15) is 0 Å². The number of nitrogens with one attached hydrogen (secondary N) is 1. The van der Waals surface area contributed by atoms with Crippen LogP contribution in [0, 0.1) is 5.82 Å². The molecule has 4 nitrogen and oxygen atoms in total. The number of para-hydroxylation sites is 1. The minimum absolute atomic E-state index is 0.0611. The summed E-state index contributed by atoms with van der Waals surface area (Å²) in [5.41, 5.74) is 6.37. The minimum Gasteiger partial charge on any atom is -0.397 e. The highest BCUT2D eigenvalue weighted by Gasteiger charge is 2.19. The molecule has 0 aliphatic rings. The summed E-state index contributed by atoms with van der Waals surface area (Å²) < 4.78 is 40.2. The topological polar surface area (TPSA) is 72.2 Å². The first kappa shape index (κ1) is 15.3. The van der Waals surface area contributed by atoms with Gasteiger partial charge >= 0.3 is 0 Å². The molecule has 0 radical (unpaired) electrons. The number of nitrogens with two attached hydrogens (primary N) is 1. The molecule has 1 unspecified atom stereocenters. The number of anilines is 2. The molecular weight excluding hydrogens is 291 g/mol. The highest BCUT2D eigenvalue weighted by Crippen LogP contribution is 2.24. The Hall–Kier alpha value is -2.08. The maximum atomic E-state index is 13.6.